The fraction of sp³-hybridized carbons (Fsp3) is 0.765. The molecule has 4 nitrogen and oxygen atoms in total. The molecule has 0 spiro atoms. The van der Waals surface area contributed by atoms with Gasteiger partial charge >= 0.3 is 0 Å². The van der Waals surface area contributed by atoms with E-state index in [4.69, 9.17) is 9.72 Å². The zero-order valence-electron chi connectivity index (χ0n) is 13.9. The molecular formula is C17H29N3O. The summed E-state index contributed by atoms with van der Waals surface area (Å²) < 4.78 is 5.63. The highest BCUT2D eigenvalue weighted by Gasteiger charge is 2.23. The lowest BCUT2D eigenvalue weighted by atomic mass is 9.85. The van der Waals surface area contributed by atoms with Crippen LogP contribution in [0.3, 0.4) is 0 Å². The maximum Gasteiger partial charge on any atom is 0.157 e. The molecule has 0 radical (unpaired) electrons. The Labute approximate surface area is 128 Å². The molecule has 1 aromatic rings. The summed E-state index contributed by atoms with van der Waals surface area (Å²) in [6, 6.07) is 0. The van der Waals surface area contributed by atoms with Crippen molar-refractivity contribution in [1.29, 1.82) is 0 Å². The number of aryl methyl sites for hydroxylation is 2. The van der Waals surface area contributed by atoms with Crippen LogP contribution in [-0.4, -0.2) is 29.7 Å². The van der Waals surface area contributed by atoms with Crippen molar-refractivity contribution in [3.05, 3.63) is 22.8 Å². The molecule has 1 heterocycles. The molecule has 0 amide bonds. The summed E-state index contributed by atoms with van der Waals surface area (Å²) in [5.74, 6) is 1.57. The van der Waals surface area contributed by atoms with Crippen molar-refractivity contribution in [3.63, 3.8) is 0 Å². The molecule has 0 aliphatic heterocycles. The van der Waals surface area contributed by atoms with Gasteiger partial charge in [0.25, 0.3) is 0 Å². The third kappa shape index (κ3) is 4.24. The van der Waals surface area contributed by atoms with Gasteiger partial charge in [0, 0.05) is 18.0 Å². The minimum absolute atomic E-state index is 0.0112. The summed E-state index contributed by atoms with van der Waals surface area (Å²) in [6.07, 6.45) is 4.60. The largest absolute Gasteiger partial charge is 0.371 e. The lowest BCUT2D eigenvalue weighted by Crippen LogP contribution is -2.29. The summed E-state index contributed by atoms with van der Waals surface area (Å²) in [5.41, 5.74) is 3.76. The first kappa shape index (κ1) is 16.4. The molecule has 2 atom stereocenters. The number of hydrogen-bond acceptors (Lipinski definition) is 4. The predicted octanol–water partition coefficient (Wildman–Crippen LogP) is 2.99. The van der Waals surface area contributed by atoms with Gasteiger partial charge in [-0.05, 0) is 71.0 Å². The number of hydrogen-bond donors (Lipinski definition) is 1. The number of ether oxygens (including phenoxy) is 1. The zero-order valence-corrected chi connectivity index (χ0v) is 13.9. The van der Waals surface area contributed by atoms with Crippen molar-refractivity contribution in [2.24, 2.45) is 5.92 Å². The monoisotopic (exact) mass is 291 g/mol. The Morgan fingerprint density at radius 2 is 2.14 bits per heavy atom. The summed E-state index contributed by atoms with van der Waals surface area (Å²) >= 11 is 0. The average molecular weight is 291 g/mol. The van der Waals surface area contributed by atoms with E-state index in [9.17, 15) is 0 Å². The Hall–Kier alpha value is -1.00. The molecule has 0 bridgehead atoms. The molecule has 4 heteroatoms. The minimum atomic E-state index is -0.0112. The highest BCUT2D eigenvalue weighted by atomic mass is 16.5. The van der Waals surface area contributed by atoms with Gasteiger partial charge in [-0.1, -0.05) is 6.92 Å². The fourth-order valence-corrected chi connectivity index (χ4v) is 3.05. The molecule has 0 saturated heterocycles. The molecule has 2 rings (SSSR count). The van der Waals surface area contributed by atoms with Crippen molar-refractivity contribution in [1.82, 2.24) is 15.3 Å². The number of rotatable bonds is 7. The number of aromatic nitrogens is 2. The Bertz CT molecular complexity index is 462. The van der Waals surface area contributed by atoms with E-state index in [-0.39, 0.29) is 6.10 Å². The van der Waals surface area contributed by atoms with Gasteiger partial charge in [0.05, 0.1) is 0 Å². The second-order valence-electron chi connectivity index (χ2n) is 6.00. The van der Waals surface area contributed by atoms with Crippen LogP contribution in [0, 0.1) is 12.8 Å². The molecule has 1 aliphatic carbocycles. The van der Waals surface area contributed by atoms with E-state index in [0.29, 0.717) is 6.61 Å². The van der Waals surface area contributed by atoms with E-state index < -0.39 is 0 Å². The summed E-state index contributed by atoms with van der Waals surface area (Å²) in [4.78, 5) is 9.45. The van der Waals surface area contributed by atoms with Crippen molar-refractivity contribution in [2.45, 2.75) is 59.5 Å². The van der Waals surface area contributed by atoms with E-state index in [1.807, 2.05) is 13.8 Å². The summed E-state index contributed by atoms with van der Waals surface area (Å²) in [5, 5.41) is 3.54. The summed E-state index contributed by atoms with van der Waals surface area (Å²) in [7, 11) is 0. The van der Waals surface area contributed by atoms with Crippen LogP contribution in [0.2, 0.25) is 0 Å². The van der Waals surface area contributed by atoms with Gasteiger partial charge in [0.2, 0.25) is 0 Å². The van der Waals surface area contributed by atoms with E-state index in [1.54, 1.807) is 0 Å². The zero-order chi connectivity index (χ0) is 15.2. The van der Waals surface area contributed by atoms with Crippen molar-refractivity contribution < 1.29 is 4.74 Å². The SMILES string of the molecule is CCCNCC1CCc2nc(C(C)OCC)nc(C)c2C1. The van der Waals surface area contributed by atoms with Crippen LogP contribution in [-0.2, 0) is 17.6 Å². The first-order chi connectivity index (χ1) is 10.2. The van der Waals surface area contributed by atoms with E-state index in [0.717, 1.165) is 43.4 Å². The van der Waals surface area contributed by atoms with Gasteiger partial charge in [-0.25, -0.2) is 9.97 Å². The summed E-state index contributed by atoms with van der Waals surface area (Å²) in [6.45, 7) is 11.3. The highest BCUT2D eigenvalue weighted by molar-refractivity contribution is 5.28. The fourth-order valence-electron chi connectivity index (χ4n) is 3.05. The molecule has 1 aliphatic rings. The number of fused-ring (bicyclic) bond motifs is 1. The average Bonchev–Trinajstić information content (AvgIpc) is 2.48. The lowest BCUT2D eigenvalue weighted by molar-refractivity contribution is 0.0696. The third-order valence-corrected chi connectivity index (χ3v) is 4.24. The molecule has 0 aromatic carbocycles. The van der Waals surface area contributed by atoms with Gasteiger partial charge in [-0.15, -0.1) is 0 Å². The number of nitrogens with one attached hydrogen (secondary N) is 1. The molecule has 1 N–H and O–H groups in total. The molecule has 1 aromatic heterocycles. The van der Waals surface area contributed by atoms with Crippen molar-refractivity contribution >= 4 is 0 Å². The highest BCUT2D eigenvalue weighted by Crippen LogP contribution is 2.27. The Kier molecular flexibility index (Phi) is 6.12. The number of nitrogens with zero attached hydrogens (tertiary/aromatic N) is 2. The normalized spacial score (nSPS) is 19.3. The van der Waals surface area contributed by atoms with Gasteiger partial charge in [-0.2, -0.15) is 0 Å². The first-order valence-electron chi connectivity index (χ1n) is 8.34. The Morgan fingerprint density at radius 1 is 1.33 bits per heavy atom. The van der Waals surface area contributed by atoms with Crippen molar-refractivity contribution in [3.8, 4) is 0 Å². The molecule has 0 saturated carbocycles. The Morgan fingerprint density at radius 3 is 2.86 bits per heavy atom. The van der Waals surface area contributed by atoms with Crippen LogP contribution >= 0.6 is 0 Å². The van der Waals surface area contributed by atoms with Crippen LogP contribution in [0.1, 0.15) is 62.5 Å². The predicted molar refractivity (Wildman–Crippen MR) is 85.5 cm³/mol. The standard InChI is InChI=1S/C17H29N3O/c1-5-9-18-11-14-7-8-16-15(10-14)12(3)19-17(20-16)13(4)21-6-2/h13-14,18H,5-11H2,1-4H3. The topological polar surface area (TPSA) is 47.0 Å². The minimum Gasteiger partial charge on any atom is -0.371 e. The lowest BCUT2D eigenvalue weighted by Gasteiger charge is -2.26. The maximum absolute atomic E-state index is 5.63. The maximum atomic E-state index is 5.63. The second-order valence-corrected chi connectivity index (χ2v) is 6.00. The second kappa shape index (κ2) is 7.85. The third-order valence-electron chi connectivity index (χ3n) is 4.24. The molecular weight excluding hydrogens is 262 g/mol. The van der Waals surface area contributed by atoms with Crippen LogP contribution in [0.15, 0.2) is 0 Å². The molecule has 118 valence electrons. The van der Waals surface area contributed by atoms with Gasteiger partial charge in [0.15, 0.2) is 5.82 Å². The first-order valence-corrected chi connectivity index (χ1v) is 8.34. The van der Waals surface area contributed by atoms with E-state index in [1.165, 1.54) is 24.1 Å². The van der Waals surface area contributed by atoms with Crippen molar-refractivity contribution in [2.75, 3.05) is 19.7 Å². The van der Waals surface area contributed by atoms with E-state index in [2.05, 4.69) is 24.1 Å². The van der Waals surface area contributed by atoms with Gasteiger partial charge in [-0.3, -0.25) is 0 Å². The van der Waals surface area contributed by atoms with Crippen LogP contribution in [0.4, 0.5) is 0 Å². The quantitative estimate of drug-likeness (QED) is 0.785. The van der Waals surface area contributed by atoms with Gasteiger partial charge < -0.3 is 10.1 Å². The van der Waals surface area contributed by atoms with Crippen LogP contribution in [0.5, 0.6) is 0 Å². The molecule has 0 fully saturated rings. The van der Waals surface area contributed by atoms with Crippen LogP contribution in [0.25, 0.3) is 0 Å². The Balaban J connectivity index is 2.07. The smallest absolute Gasteiger partial charge is 0.157 e. The van der Waals surface area contributed by atoms with Crippen LogP contribution < -0.4 is 5.32 Å². The molecule has 21 heavy (non-hydrogen) atoms. The molecule has 2 unspecified atom stereocenters. The van der Waals surface area contributed by atoms with E-state index >= 15 is 0 Å². The van der Waals surface area contributed by atoms with Gasteiger partial charge in [0.1, 0.15) is 6.10 Å².